The van der Waals surface area contributed by atoms with E-state index in [0.29, 0.717) is 0 Å². The lowest BCUT2D eigenvalue weighted by Gasteiger charge is -2.25. The van der Waals surface area contributed by atoms with E-state index in [2.05, 4.69) is 74.0 Å². The van der Waals surface area contributed by atoms with E-state index in [-0.39, 0.29) is 6.04 Å². The quantitative estimate of drug-likeness (QED) is 0.635. The third kappa shape index (κ3) is 2.37. The second-order valence-electron chi connectivity index (χ2n) is 6.52. The molecule has 1 aromatic heterocycles. The molecule has 1 aliphatic rings. The fraction of sp³-hybridized carbons (Fsp3) is 0.238. The highest BCUT2D eigenvalue weighted by Crippen LogP contribution is 2.41. The minimum Gasteiger partial charge on any atom is -0.239 e. The first-order chi connectivity index (χ1) is 11.6. The van der Waals surface area contributed by atoms with E-state index < -0.39 is 0 Å². The van der Waals surface area contributed by atoms with Crippen molar-refractivity contribution in [3.05, 3.63) is 71.4 Å². The highest BCUT2D eigenvalue weighted by molar-refractivity contribution is 5.90. The fourth-order valence-corrected chi connectivity index (χ4v) is 3.60. The summed E-state index contributed by atoms with van der Waals surface area (Å²) >= 11 is 0. The van der Waals surface area contributed by atoms with Crippen molar-refractivity contribution >= 4 is 11.5 Å². The first-order valence-corrected chi connectivity index (χ1v) is 8.39. The summed E-state index contributed by atoms with van der Waals surface area (Å²) in [6.45, 7) is 6.36. The van der Waals surface area contributed by atoms with E-state index >= 15 is 0 Å². The first-order valence-electron chi connectivity index (χ1n) is 8.39. The maximum Gasteiger partial charge on any atom is 0.159 e. The average molecular weight is 315 g/mol. The number of aromatic nitrogens is 2. The zero-order chi connectivity index (χ0) is 16.7. The molecule has 0 N–H and O–H groups in total. The van der Waals surface area contributed by atoms with Crippen LogP contribution in [-0.2, 0) is 0 Å². The standard InChI is InChI=1S/C21H21N3/c1-14-9-7-8-12-18(14)19-13-15(2)22-21-20(16(3)23-24(19)21)17-10-5-4-6-11-17/h4-12,19H,13H2,1-3H3/t19-/m0/s1. The van der Waals surface area contributed by atoms with Crippen molar-refractivity contribution in [3.63, 3.8) is 0 Å². The topological polar surface area (TPSA) is 30.2 Å². The molecule has 1 aliphatic heterocycles. The van der Waals surface area contributed by atoms with E-state index in [1.165, 1.54) is 16.7 Å². The van der Waals surface area contributed by atoms with Gasteiger partial charge in [0.2, 0.25) is 0 Å². The minimum atomic E-state index is 0.217. The summed E-state index contributed by atoms with van der Waals surface area (Å²) < 4.78 is 2.12. The second-order valence-corrected chi connectivity index (χ2v) is 6.52. The predicted molar refractivity (Wildman–Crippen MR) is 99.1 cm³/mol. The number of hydrogen-bond acceptors (Lipinski definition) is 2. The summed E-state index contributed by atoms with van der Waals surface area (Å²) in [5.41, 5.74) is 7.15. The summed E-state index contributed by atoms with van der Waals surface area (Å²) in [6.07, 6.45) is 0.910. The van der Waals surface area contributed by atoms with Crippen LogP contribution in [0.3, 0.4) is 0 Å². The lowest BCUT2D eigenvalue weighted by Crippen LogP contribution is -2.19. The van der Waals surface area contributed by atoms with Gasteiger partial charge in [0.15, 0.2) is 5.82 Å². The zero-order valence-electron chi connectivity index (χ0n) is 14.3. The molecule has 4 rings (SSSR count). The second kappa shape index (κ2) is 5.75. The van der Waals surface area contributed by atoms with E-state index in [9.17, 15) is 0 Å². The van der Waals surface area contributed by atoms with Gasteiger partial charge in [-0.05, 0) is 37.5 Å². The fourth-order valence-electron chi connectivity index (χ4n) is 3.60. The number of aliphatic imine (C=N–C) groups is 1. The molecule has 3 heteroatoms. The number of hydrogen-bond donors (Lipinski definition) is 0. The largest absolute Gasteiger partial charge is 0.239 e. The van der Waals surface area contributed by atoms with Gasteiger partial charge in [-0.25, -0.2) is 9.67 Å². The van der Waals surface area contributed by atoms with Crippen LogP contribution in [0.25, 0.3) is 11.1 Å². The number of aryl methyl sites for hydroxylation is 2. The van der Waals surface area contributed by atoms with Crippen LogP contribution < -0.4 is 0 Å². The van der Waals surface area contributed by atoms with E-state index in [0.717, 1.165) is 29.2 Å². The van der Waals surface area contributed by atoms with Crippen molar-refractivity contribution in [2.75, 3.05) is 0 Å². The Morgan fingerprint density at radius 2 is 1.62 bits per heavy atom. The first kappa shape index (κ1) is 14.9. The molecule has 120 valence electrons. The van der Waals surface area contributed by atoms with Gasteiger partial charge in [-0.1, -0.05) is 54.6 Å². The SMILES string of the molecule is CC1=Nc2c(-c3ccccc3)c(C)nn2[C@H](c2ccccc2C)C1. The Labute approximate surface area is 142 Å². The van der Waals surface area contributed by atoms with Crippen molar-refractivity contribution in [2.24, 2.45) is 4.99 Å². The molecule has 24 heavy (non-hydrogen) atoms. The van der Waals surface area contributed by atoms with Gasteiger partial charge in [0, 0.05) is 17.7 Å². The molecule has 0 fully saturated rings. The smallest absolute Gasteiger partial charge is 0.159 e. The lowest BCUT2D eigenvalue weighted by atomic mass is 9.96. The van der Waals surface area contributed by atoms with Crippen LogP contribution in [0.15, 0.2) is 59.6 Å². The van der Waals surface area contributed by atoms with E-state index in [4.69, 9.17) is 10.1 Å². The Morgan fingerprint density at radius 3 is 2.38 bits per heavy atom. The highest BCUT2D eigenvalue weighted by atomic mass is 15.4. The summed E-state index contributed by atoms with van der Waals surface area (Å²) in [4.78, 5) is 4.87. The number of rotatable bonds is 2. The summed E-state index contributed by atoms with van der Waals surface area (Å²) in [5, 5.41) is 4.87. The molecule has 0 saturated heterocycles. The van der Waals surface area contributed by atoms with Crippen LogP contribution in [0.1, 0.15) is 36.2 Å². The molecule has 3 nitrogen and oxygen atoms in total. The number of nitrogens with zero attached hydrogens (tertiary/aromatic N) is 3. The predicted octanol–water partition coefficient (Wildman–Crippen LogP) is 5.25. The van der Waals surface area contributed by atoms with Crippen LogP contribution in [0.2, 0.25) is 0 Å². The highest BCUT2D eigenvalue weighted by Gasteiger charge is 2.28. The summed E-state index contributed by atoms with van der Waals surface area (Å²) in [6, 6.07) is 19.2. The van der Waals surface area contributed by atoms with Crippen molar-refractivity contribution in [1.82, 2.24) is 9.78 Å². The van der Waals surface area contributed by atoms with Gasteiger partial charge in [0.05, 0.1) is 11.7 Å². The van der Waals surface area contributed by atoms with Gasteiger partial charge in [0.1, 0.15) is 0 Å². The van der Waals surface area contributed by atoms with Crippen molar-refractivity contribution in [3.8, 4) is 11.1 Å². The van der Waals surface area contributed by atoms with E-state index in [1.807, 2.05) is 6.07 Å². The van der Waals surface area contributed by atoms with Crippen LogP contribution >= 0.6 is 0 Å². The van der Waals surface area contributed by atoms with Crippen molar-refractivity contribution in [2.45, 2.75) is 33.2 Å². The monoisotopic (exact) mass is 315 g/mol. The Kier molecular flexibility index (Phi) is 3.57. The molecule has 0 spiro atoms. The summed E-state index contributed by atoms with van der Waals surface area (Å²) in [5.74, 6) is 0.982. The molecule has 0 amide bonds. The molecule has 1 atom stereocenters. The maximum atomic E-state index is 4.87. The molecule has 2 heterocycles. The minimum absolute atomic E-state index is 0.217. The Morgan fingerprint density at radius 1 is 0.917 bits per heavy atom. The zero-order valence-corrected chi connectivity index (χ0v) is 14.3. The molecular formula is C21H21N3. The van der Waals surface area contributed by atoms with Crippen LogP contribution in [0.4, 0.5) is 5.82 Å². The molecule has 0 aliphatic carbocycles. The van der Waals surface area contributed by atoms with Crippen LogP contribution in [0.5, 0.6) is 0 Å². The van der Waals surface area contributed by atoms with Crippen molar-refractivity contribution < 1.29 is 0 Å². The third-order valence-corrected chi connectivity index (χ3v) is 4.75. The summed E-state index contributed by atoms with van der Waals surface area (Å²) in [7, 11) is 0. The van der Waals surface area contributed by atoms with Gasteiger partial charge in [0.25, 0.3) is 0 Å². The Bertz CT molecular complexity index is 920. The van der Waals surface area contributed by atoms with Crippen LogP contribution in [-0.4, -0.2) is 15.5 Å². The number of benzene rings is 2. The lowest BCUT2D eigenvalue weighted by molar-refractivity contribution is 0.526. The Balaban J connectivity index is 1.92. The molecule has 0 bridgehead atoms. The molecule has 0 radical (unpaired) electrons. The molecule has 3 aromatic rings. The normalized spacial score (nSPS) is 16.6. The molecule has 0 unspecified atom stereocenters. The van der Waals surface area contributed by atoms with Gasteiger partial charge >= 0.3 is 0 Å². The third-order valence-electron chi connectivity index (χ3n) is 4.75. The maximum absolute atomic E-state index is 4.87. The molecular weight excluding hydrogens is 294 g/mol. The molecule has 0 saturated carbocycles. The Hall–Kier alpha value is -2.68. The van der Waals surface area contributed by atoms with Gasteiger partial charge in [-0.3, -0.25) is 0 Å². The average Bonchev–Trinajstić information content (AvgIpc) is 2.91. The van der Waals surface area contributed by atoms with Gasteiger partial charge in [-0.15, -0.1) is 0 Å². The van der Waals surface area contributed by atoms with Crippen LogP contribution in [0, 0.1) is 13.8 Å². The molecule has 2 aromatic carbocycles. The van der Waals surface area contributed by atoms with Gasteiger partial charge in [-0.2, -0.15) is 5.10 Å². The number of fused-ring (bicyclic) bond motifs is 1. The van der Waals surface area contributed by atoms with Gasteiger partial charge < -0.3 is 0 Å². The van der Waals surface area contributed by atoms with E-state index in [1.54, 1.807) is 0 Å². The van der Waals surface area contributed by atoms with Crippen molar-refractivity contribution in [1.29, 1.82) is 0 Å².